The number of nitrogens with one attached hydrogen (secondary N) is 1. The van der Waals surface area contributed by atoms with Gasteiger partial charge in [0.2, 0.25) is 17.7 Å². The molecule has 7 nitrogen and oxygen atoms in total. The van der Waals surface area contributed by atoms with Gasteiger partial charge in [0.15, 0.2) is 11.5 Å². The van der Waals surface area contributed by atoms with Crippen molar-refractivity contribution in [3.05, 3.63) is 59.5 Å². The molecular weight excluding hydrogens is 418 g/mol. The zero-order chi connectivity index (χ0) is 22.7. The van der Waals surface area contributed by atoms with E-state index >= 15 is 0 Å². The fourth-order valence-electron chi connectivity index (χ4n) is 4.74. The molecule has 1 fully saturated rings. The van der Waals surface area contributed by atoms with E-state index in [4.69, 9.17) is 13.9 Å². The molecule has 0 saturated heterocycles. The molecule has 1 amide bonds. The molecule has 1 saturated carbocycles. The topological polar surface area (TPSA) is 86.5 Å². The molecule has 7 heteroatoms. The first-order valence-electron chi connectivity index (χ1n) is 11.7. The lowest BCUT2D eigenvalue weighted by Gasteiger charge is -2.31. The van der Waals surface area contributed by atoms with Crippen LogP contribution in [0.2, 0.25) is 0 Å². The van der Waals surface area contributed by atoms with Gasteiger partial charge in [-0.15, -0.1) is 10.2 Å². The zero-order valence-electron chi connectivity index (χ0n) is 18.9. The number of aryl methyl sites for hydroxylation is 2. The normalized spacial score (nSPS) is 16.5. The molecule has 2 aliphatic rings. The smallest absolute Gasteiger partial charge is 0.247 e. The average molecular weight is 448 g/mol. The third-order valence-corrected chi connectivity index (χ3v) is 6.67. The van der Waals surface area contributed by atoms with Crippen molar-refractivity contribution < 1.29 is 18.7 Å². The van der Waals surface area contributed by atoms with E-state index < -0.39 is 0 Å². The van der Waals surface area contributed by atoms with Crippen LogP contribution in [0.5, 0.6) is 11.5 Å². The molecule has 0 bridgehead atoms. The van der Waals surface area contributed by atoms with Crippen molar-refractivity contribution in [2.45, 2.75) is 50.9 Å². The fraction of sp³-hybridized carbons (Fsp3) is 0.423. The summed E-state index contributed by atoms with van der Waals surface area (Å²) < 4.78 is 17.2. The van der Waals surface area contributed by atoms with Crippen LogP contribution in [-0.4, -0.2) is 35.9 Å². The number of fused-ring (bicyclic) bond motifs is 1. The Bertz CT molecular complexity index is 1120. The van der Waals surface area contributed by atoms with E-state index in [0.29, 0.717) is 44.4 Å². The molecule has 5 rings (SSSR count). The van der Waals surface area contributed by atoms with Crippen molar-refractivity contribution in [3.63, 3.8) is 0 Å². The molecule has 0 spiro atoms. The summed E-state index contributed by atoms with van der Waals surface area (Å²) in [6, 6.07) is 14.1. The molecule has 1 aromatic heterocycles. The maximum atomic E-state index is 12.6. The Kier molecular flexibility index (Phi) is 6.03. The quantitative estimate of drug-likeness (QED) is 0.579. The number of carbonyl (C=O) groups excluding carboxylic acids is 1. The minimum atomic E-state index is -0.0609. The van der Waals surface area contributed by atoms with E-state index in [0.717, 1.165) is 42.7 Å². The number of hydrogen-bond donors (Lipinski definition) is 1. The van der Waals surface area contributed by atoms with Gasteiger partial charge in [0.1, 0.15) is 13.2 Å². The second-order valence-electron chi connectivity index (χ2n) is 8.99. The Hall–Kier alpha value is -3.35. The number of amides is 1. The van der Waals surface area contributed by atoms with Crippen molar-refractivity contribution in [3.8, 4) is 23.0 Å². The Labute approximate surface area is 193 Å². The predicted molar refractivity (Wildman–Crippen MR) is 123 cm³/mol. The van der Waals surface area contributed by atoms with Crippen LogP contribution in [0.15, 0.2) is 46.9 Å². The van der Waals surface area contributed by atoms with Crippen LogP contribution in [0.25, 0.3) is 11.5 Å². The number of rotatable bonds is 7. The van der Waals surface area contributed by atoms with E-state index in [-0.39, 0.29) is 11.3 Å². The van der Waals surface area contributed by atoms with Gasteiger partial charge in [-0.25, -0.2) is 0 Å². The molecule has 1 aliphatic heterocycles. The second kappa shape index (κ2) is 9.25. The summed E-state index contributed by atoms with van der Waals surface area (Å²) in [6.07, 6.45) is 5.16. The Morgan fingerprint density at radius 3 is 2.55 bits per heavy atom. The van der Waals surface area contributed by atoms with Crippen LogP contribution < -0.4 is 14.8 Å². The molecule has 2 aromatic carbocycles. The summed E-state index contributed by atoms with van der Waals surface area (Å²) in [5.41, 5.74) is 3.20. The number of carbonyl (C=O) groups is 1. The number of benzene rings is 2. The molecule has 1 aliphatic carbocycles. The zero-order valence-corrected chi connectivity index (χ0v) is 18.9. The Morgan fingerprint density at radius 2 is 1.76 bits per heavy atom. The van der Waals surface area contributed by atoms with Gasteiger partial charge in [-0.1, -0.05) is 36.6 Å². The van der Waals surface area contributed by atoms with E-state index in [1.165, 1.54) is 11.1 Å². The average Bonchev–Trinajstić information content (AvgIpc) is 3.52. The van der Waals surface area contributed by atoms with Gasteiger partial charge in [-0.05, 0) is 49.6 Å². The standard InChI is InChI=1S/C26H29N3O4/c1-18-4-6-19(7-5-18)25-29-28-24(33-25)11-10-23(30)27-17-26(12-2-3-13-26)20-8-9-21-22(16-20)32-15-14-31-21/h4-9,16H,2-3,10-15,17H2,1H3,(H,27,30). The van der Waals surface area contributed by atoms with Crippen molar-refractivity contribution in [2.75, 3.05) is 19.8 Å². The highest BCUT2D eigenvalue weighted by Gasteiger charge is 2.36. The number of hydrogen-bond acceptors (Lipinski definition) is 6. The van der Waals surface area contributed by atoms with Crippen molar-refractivity contribution in [1.29, 1.82) is 0 Å². The van der Waals surface area contributed by atoms with Crippen molar-refractivity contribution in [2.24, 2.45) is 0 Å². The maximum absolute atomic E-state index is 12.6. The number of aromatic nitrogens is 2. The molecular formula is C26H29N3O4. The first-order valence-corrected chi connectivity index (χ1v) is 11.7. The SMILES string of the molecule is Cc1ccc(-c2nnc(CCC(=O)NCC3(c4ccc5c(c4)OCCO5)CCCC3)o2)cc1. The van der Waals surface area contributed by atoms with E-state index in [2.05, 4.69) is 27.6 Å². The lowest BCUT2D eigenvalue weighted by atomic mass is 9.78. The van der Waals surface area contributed by atoms with Crippen molar-refractivity contribution in [1.82, 2.24) is 15.5 Å². The van der Waals surface area contributed by atoms with Gasteiger partial charge in [0.25, 0.3) is 0 Å². The summed E-state index contributed by atoms with van der Waals surface area (Å²) in [5, 5.41) is 11.4. The molecule has 0 radical (unpaired) electrons. The van der Waals surface area contributed by atoms with Gasteiger partial charge < -0.3 is 19.2 Å². The lowest BCUT2D eigenvalue weighted by Crippen LogP contribution is -2.39. The maximum Gasteiger partial charge on any atom is 0.247 e. The highest BCUT2D eigenvalue weighted by Crippen LogP contribution is 2.43. The second-order valence-corrected chi connectivity index (χ2v) is 8.99. The molecule has 0 unspecified atom stereocenters. The van der Waals surface area contributed by atoms with Crippen LogP contribution in [-0.2, 0) is 16.6 Å². The minimum Gasteiger partial charge on any atom is -0.486 e. The van der Waals surface area contributed by atoms with Gasteiger partial charge >= 0.3 is 0 Å². The fourth-order valence-corrected chi connectivity index (χ4v) is 4.74. The molecule has 0 atom stereocenters. The molecule has 172 valence electrons. The van der Waals surface area contributed by atoms with Crippen molar-refractivity contribution >= 4 is 5.91 Å². The van der Waals surface area contributed by atoms with Gasteiger partial charge in [0, 0.05) is 30.4 Å². The highest BCUT2D eigenvalue weighted by atomic mass is 16.6. The number of ether oxygens (including phenoxy) is 2. The summed E-state index contributed by atoms with van der Waals surface area (Å²) in [7, 11) is 0. The molecule has 2 heterocycles. The van der Waals surface area contributed by atoms with Crippen LogP contribution in [0.3, 0.4) is 0 Å². The summed E-state index contributed by atoms with van der Waals surface area (Å²) in [4.78, 5) is 12.6. The number of nitrogens with zero attached hydrogens (tertiary/aromatic N) is 2. The van der Waals surface area contributed by atoms with E-state index in [9.17, 15) is 4.79 Å². The van der Waals surface area contributed by atoms with Crippen LogP contribution in [0.4, 0.5) is 0 Å². The van der Waals surface area contributed by atoms with Gasteiger partial charge in [0.05, 0.1) is 0 Å². The largest absolute Gasteiger partial charge is 0.486 e. The first kappa shape index (κ1) is 21.5. The van der Waals surface area contributed by atoms with Gasteiger partial charge in [-0.3, -0.25) is 4.79 Å². The van der Waals surface area contributed by atoms with Crippen LogP contribution in [0.1, 0.15) is 49.1 Å². The summed E-state index contributed by atoms with van der Waals surface area (Å²) in [5.74, 6) is 2.55. The van der Waals surface area contributed by atoms with Gasteiger partial charge in [-0.2, -0.15) is 0 Å². The van der Waals surface area contributed by atoms with E-state index in [1.807, 2.05) is 37.3 Å². The lowest BCUT2D eigenvalue weighted by molar-refractivity contribution is -0.121. The Morgan fingerprint density at radius 1 is 1.00 bits per heavy atom. The third-order valence-electron chi connectivity index (χ3n) is 6.67. The summed E-state index contributed by atoms with van der Waals surface area (Å²) in [6.45, 7) is 3.80. The predicted octanol–water partition coefficient (Wildman–Crippen LogP) is 4.38. The first-order chi connectivity index (χ1) is 16.1. The third kappa shape index (κ3) is 4.72. The van der Waals surface area contributed by atoms with Crippen LogP contribution in [0, 0.1) is 6.92 Å². The Balaban J connectivity index is 1.19. The molecule has 33 heavy (non-hydrogen) atoms. The monoisotopic (exact) mass is 447 g/mol. The highest BCUT2D eigenvalue weighted by molar-refractivity contribution is 5.76. The van der Waals surface area contributed by atoms with E-state index in [1.54, 1.807) is 0 Å². The van der Waals surface area contributed by atoms with Crippen LogP contribution >= 0.6 is 0 Å². The molecule has 1 N–H and O–H groups in total. The summed E-state index contributed by atoms with van der Waals surface area (Å²) >= 11 is 0. The minimum absolute atomic E-state index is 0.00564. The molecule has 3 aromatic rings.